The van der Waals surface area contributed by atoms with E-state index in [1.807, 2.05) is 0 Å². The van der Waals surface area contributed by atoms with Gasteiger partial charge in [-0.3, -0.25) is 9.59 Å². The van der Waals surface area contributed by atoms with Gasteiger partial charge in [0.05, 0.1) is 25.3 Å². The highest BCUT2D eigenvalue weighted by Crippen LogP contribution is 2.30. The number of pyridine rings is 1. The Kier molecular flexibility index (Phi) is 3.12. The van der Waals surface area contributed by atoms with E-state index in [0.29, 0.717) is 31.9 Å². The standard InChI is InChI=1S/C13H16N2O4/c16-11-3-2-10(8-14-11)12(17)15-5-1-4-13(9-15)18-6-7-19-13/h2-3,8H,1,4-7,9H2,(H,14,16). The van der Waals surface area contributed by atoms with E-state index in [2.05, 4.69) is 4.98 Å². The molecule has 1 spiro atoms. The van der Waals surface area contributed by atoms with Gasteiger partial charge >= 0.3 is 0 Å². The van der Waals surface area contributed by atoms with Gasteiger partial charge < -0.3 is 19.4 Å². The molecular weight excluding hydrogens is 248 g/mol. The van der Waals surface area contributed by atoms with Crippen LogP contribution in [0.25, 0.3) is 0 Å². The Balaban J connectivity index is 1.76. The largest absolute Gasteiger partial charge is 0.346 e. The Bertz CT molecular complexity index is 513. The number of likely N-dealkylation sites (tertiary alicyclic amines) is 1. The third kappa shape index (κ3) is 2.41. The molecule has 3 rings (SSSR count). The second-order valence-electron chi connectivity index (χ2n) is 4.88. The van der Waals surface area contributed by atoms with Crippen LogP contribution in [-0.4, -0.2) is 47.9 Å². The quantitative estimate of drug-likeness (QED) is 0.794. The van der Waals surface area contributed by atoms with Crippen LogP contribution in [0.3, 0.4) is 0 Å². The lowest BCUT2D eigenvalue weighted by molar-refractivity contribution is -0.183. The number of carbonyl (C=O) groups excluding carboxylic acids is 1. The third-order valence-electron chi connectivity index (χ3n) is 3.55. The van der Waals surface area contributed by atoms with Gasteiger partial charge in [-0.25, -0.2) is 0 Å². The first kappa shape index (κ1) is 12.4. The van der Waals surface area contributed by atoms with Gasteiger partial charge in [-0.15, -0.1) is 0 Å². The van der Waals surface area contributed by atoms with E-state index < -0.39 is 5.79 Å². The summed E-state index contributed by atoms with van der Waals surface area (Å²) < 4.78 is 11.3. The number of carbonyl (C=O) groups is 1. The summed E-state index contributed by atoms with van der Waals surface area (Å²) in [6.07, 6.45) is 3.12. The zero-order valence-electron chi connectivity index (χ0n) is 10.6. The summed E-state index contributed by atoms with van der Waals surface area (Å²) in [6.45, 7) is 2.30. The number of aromatic nitrogens is 1. The van der Waals surface area contributed by atoms with Crippen molar-refractivity contribution < 1.29 is 14.3 Å². The van der Waals surface area contributed by atoms with Crippen molar-refractivity contribution in [3.63, 3.8) is 0 Å². The number of rotatable bonds is 1. The van der Waals surface area contributed by atoms with Crippen LogP contribution in [0.1, 0.15) is 23.2 Å². The zero-order valence-corrected chi connectivity index (χ0v) is 10.6. The maximum Gasteiger partial charge on any atom is 0.255 e. The number of hydrogen-bond donors (Lipinski definition) is 1. The summed E-state index contributed by atoms with van der Waals surface area (Å²) in [5, 5.41) is 0. The minimum absolute atomic E-state index is 0.102. The van der Waals surface area contributed by atoms with Gasteiger partial charge in [0.15, 0.2) is 5.79 Å². The molecule has 0 saturated carbocycles. The van der Waals surface area contributed by atoms with Gasteiger partial charge in [-0.2, -0.15) is 0 Å². The third-order valence-corrected chi connectivity index (χ3v) is 3.55. The molecule has 2 fully saturated rings. The van der Waals surface area contributed by atoms with Crippen molar-refractivity contribution in [2.75, 3.05) is 26.3 Å². The number of ether oxygens (including phenoxy) is 2. The SMILES string of the molecule is O=C(c1ccc(=O)[nH]c1)N1CCCC2(C1)OCCO2. The fourth-order valence-electron chi connectivity index (χ4n) is 2.62. The molecule has 3 heterocycles. The predicted molar refractivity (Wildman–Crippen MR) is 66.8 cm³/mol. The highest BCUT2D eigenvalue weighted by atomic mass is 16.7. The maximum atomic E-state index is 12.3. The Morgan fingerprint density at radius 3 is 2.79 bits per heavy atom. The number of piperidine rings is 1. The van der Waals surface area contributed by atoms with Crippen LogP contribution in [0.2, 0.25) is 0 Å². The van der Waals surface area contributed by atoms with Gasteiger partial charge in [0.25, 0.3) is 5.91 Å². The van der Waals surface area contributed by atoms with Crippen molar-refractivity contribution in [2.24, 2.45) is 0 Å². The van der Waals surface area contributed by atoms with E-state index in [1.165, 1.54) is 12.3 Å². The Morgan fingerprint density at radius 2 is 2.11 bits per heavy atom. The van der Waals surface area contributed by atoms with Crippen LogP contribution in [0.4, 0.5) is 0 Å². The summed E-state index contributed by atoms with van der Waals surface area (Å²) in [4.78, 5) is 27.6. The molecule has 102 valence electrons. The summed E-state index contributed by atoms with van der Waals surface area (Å²) in [5.74, 6) is -0.717. The molecule has 19 heavy (non-hydrogen) atoms. The first-order valence-electron chi connectivity index (χ1n) is 6.45. The highest BCUT2D eigenvalue weighted by molar-refractivity contribution is 5.94. The van der Waals surface area contributed by atoms with E-state index in [4.69, 9.17) is 9.47 Å². The zero-order chi connectivity index (χ0) is 13.3. The van der Waals surface area contributed by atoms with Crippen LogP contribution in [-0.2, 0) is 9.47 Å². The van der Waals surface area contributed by atoms with E-state index in [1.54, 1.807) is 11.0 Å². The minimum Gasteiger partial charge on any atom is -0.346 e. The van der Waals surface area contributed by atoms with Crippen molar-refractivity contribution in [2.45, 2.75) is 18.6 Å². The molecule has 2 aliphatic rings. The average Bonchev–Trinajstić information content (AvgIpc) is 2.87. The van der Waals surface area contributed by atoms with Gasteiger partial charge in [-0.05, 0) is 12.5 Å². The number of hydrogen-bond acceptors (Lipinski definition) is 4. The molecule has 6 heteroatoms. The number of nitrogens with zero attached hydrogens (tertiary/aromatic N) is 1. The molecule has 1 aromatic heterocycles. The minimum atomic E-state index is -0.615. The molecule has 0 radical (unpaired) electrons. The molecule has 0 bridgehead atoms. The first-order valence-corrected chi connectivity index (χ1v) is 6.45. The first-order chi connectivity index (χ1) is 9.19. The fraction of sp³-hybridized carbons (Fsp3) is 0.538. The smallest absolute Gasteiger partial charge is 0.255 e. The van der Waals surface area contributed by atoms with Crippen LogP contribution < -0.4 is 5.56 Å². The molecule has 1 N–H and O–H groups in total. The highest BCUT2D eigenvalue weighted by Gasteiger charge is 2.42. The normalized spacial score (nSPS) is 21.8. The molecule has 1 amide bonds. The van der Waals surface area contributed by atoms with Crippen LogP contribution in [0.5, 0.6) is 0 Å². The molecule has 0 atom stereocenters. The van der Waals surface area contributed by atoms with E-state index in [-0.39, 0.29) is 11.5 Å². The lowest BCUT2D eigenvalue weighted by Gasteiger charge is -2.38. The van der Waals surface area contributed by atoms with Crippen molar-refractivity contribution in [1.29, 1.82) is 0 Å². The summed E-state index contributed by atoms with van der Waals surface area (Å²) in [7, 11) is 0. The molecule has 0 aliphatic carbocycles. The Morgan fingerprint density at radius 1 is 1.32 bits per heavy atom. The summed E-state index contributed by atoms with van der Waals surface area (Å²) in [6, 6.07) is 2.90. The monoisotopic (exact) mass is 264 g/mol. The summed E-state index contributed by atoms with van der Waals surface area (Å²) in [5.41, 5.74) is 0.267. The van der Waals surface area contributed by atoms with Crippen molar-refractivity contribution in [3.05, 3.63) is 34.2 Å². The second-order valence-corrected chi connectivity index (χ2v) is 4.88. The Hall–Kier alpha value is -1.66. The molecule has 6 nitrogen and oxygen atoms in total. The second kappa shape index (κ2) is 4.79. The van der Waals surface area contributed by atoms with E-state index in [9.17, 15) is 9.59 Å². The van der Waals surface area contributed by atoms with E-state index in [0.717, 1.165) is 12.8 Å². The molecular formula is C13H16N2O4. The topological polar surface area (TPSA) is 71.6 Å². The molecule has 1 aromatic rings. The average molecular weight is 264 g/mol. The van der Waals surface area contributed by atoms with Gasteiger partial charge in [0, 0.05) is 25.2 Å². The number of amides is 1. The van der Waals surface area contributed by atoms with Gasteiger partial charge in [0.2, 0.25) is 5.56 Å². The van der Waals surface area contributed by atoms with Crippen molar-refractivity contribution >= 4 is 5.91 Å². The van der Waals surface area contributed by atoms with Crippen LogP contribution in [0.15, 0.2) is 23.1 Å². The molecule has 2 saturated heterocycles. The van der Waals surface area contributed by atoms with Gasteiger partial charge in [0.1, 0.15) is 0 Å². The van der Waals surface area contributed by atoms with E-state index >= 15 is 0 Å². The molecule has 0 unspecified atom stereocenters. The Labute approximate surface area is 110 Å². The molecule has 0 aromatic carbocycles. The molecule has 2 aliphatic heterocycles. The number of aromatic amines is 1. The number of H-pyrrole nitrogens is 1. The lowest BCUT2D eigenvalue weighted by Crippen LogP contribution is -2.51. The number of nitrogens with one attached hydrogen (secondary N) is 1. The van der Waals surface area contributed by atoms with Crippen LogP contribution in [0, 0.1) is 0 Å². The van der Waals surface area contributed by atoms with Crippen LogP contribution >= 0.6 is 0 Å². The predicted octanol–water partition coefficient (Wildman–Crippen LogP) is 0.354. The lowest BCUT2D eigenvalue weighted by atomic mass is 10.0. The maximum absolute atomic E-state index is 12.3. The van der Waals surface area contributed by atoms with Crippen molar-refractivity contribution in [1.82, 2.24) is 9.88 Å². The summed E-state index contributed by atoms with van der Waals surface area (Å²) >= 11 is 0. The van der Waals surface area contributed by atoms with Crippen molar-refractivity contribution in [3.8, 4) is 0 Å². The fourth-order valence-corrected chi connectivity index (χ4v) is 2.62. The van der Waals surface area contributed by atoms with Gasteiger partial charge in [-0.1, -0.05) is 0 Å².